The van der Waals surface area contributed by atoms with Gasteiger partial charge in [0.25, 0.3) is 0 Å². The molecule has 2 aromatic rings. The summed E-state index contributed by atoms with van der Waals surface area (Å²) < 4.78 is 38.7. The van der Waals surface area contributed by atoms with Crippen LogP contribution in [-0.4, -0.2) is 36.5 Å². The van der Waals surface area contributed by atoms with Crippen LogP contribution >= 0.6 is 11.3 Å². The Labute approximate surface area is 162 Å². The Bertz CT molecular complexity index is 826. The number of para-hydroxylation sites is 1. The molecule has 134 valence electrons. The van der Waals surface area contributed by atoms with Gasteiger partial charge in [-0.2, -0.15) is 0 Å². The topological polar surface area (TPSA) is 23.6 Å². The smallest absolute Gasteiger partial charge is 0.226 e. The average Bonchev–Trinajstić information content (AvgIpc) is 3.21. The molecular formula is C21H28N2OS. The molecule has 3 nitrogen and oxygen atoms in total. The van der Waals surface area contributed by atoms with Gasteiger partial charge in [0.15, 0.2) is 0 Å². The summed E-state index contributed by atoms with van der Waals surface area (Å²) in [4.78, 5) is 18.3. The van der Waals surface area contributed by atoms with Gasteiger partial charge in [0.2, 0.25) is 5.91 Å². The number of thiophene rings is 1. The van der Waals surface area contributed by atoms with E-state index in [1.807, 2.05) is 6.07 Å². The van der Waals surface area contributed by atoms with E-state index in [-0.39, 0.29) is 12.0 Å². The van der Waals surface area contributed by atoms with Gasteiger partial charge in [-0.3, -0.25) is 4.79 Å². The van der Waals surface area contributed by atoms with E-state index >= 15 is 0 Å². The fourth-order valence-electron chi connectivity index (χ4n) is 3.64. The van der Waals surface area contributed by atoms with Crippen molar-refractivity contribution >= 4 is 22.9 Å². The molecule has 1 saturated heterocycles. The molecule has 0 radical (unpaired) electrons. The third-order valence-electron chi connectivity index (χ3n) is 4.89. The number of carbonyl (C=O) groups excluding carboxylic acids is 1. The molecule has 0 aliphatic carbocycles. The number of rotatable bonds is 6. The summed E-state index contributed by atoms with van der Waals surface area (Å²) >= 11 is 1.75. The van der Waals surface area contributed by atoms with Crippen molar-refractivity contribution in [1.29, 1.82) is 0 Å². The Morgan fingerprint density at radius 1 is 1.36 bits per heavy atom. The van der Waals surface area contributed by atoms with Crippen LogP contribution in [0.3, 0.4) is 0 Å². The van der Waals surface area contributed by atoms with E-state index < -0.39 is 19.1 Å². The highest BCUT2D eigenvalue weighted by Gasteiger charge is 2.33. The maximum absolute atomic E-state index is 13.2. The summed E-state index contributed by atoms with van der Waals surface area (Å²) in [5.41, 5.74) is 0.541. The number of anilines is 1. The summed E-state index contributed by atoms with van der Waals surface area (Å²) in [5, 5.41) is 2.08. The molecule has 3 rings (SSSR count). The summed E-state index contributed by atoms with van der Waals surface area (Å²) in [7, 11) is 0. The van der Waals surface area contributed by atoms with Gasteiger partial charge in [0.05, 0.1) is 0 Å². The van der Waals surface area contributed by atoms with Crippen LogP contribution in [0, 0.1) is 5.92 Å². The second-order valence-corrected chi connectivity index (χ2v) is 7.63. The van der Waals surface area contributed by atoms with Crippen molar-refractivity contribution < 1.29 is 11.6 Å². The number of likely N-dealkylation sites (tertiary alicyclic amines) is 1. The lowest BCUT2D eigenvalue weighted by molar-refractivity contribution is -0.119. The van der Waals surface area contributed by atoms with Crippen molar-refractivity contribution in [2.45, 2.75) is 39.0 Å². The fraction of sp³-hybridized carbons (Fsp3) is 0.476. The van der Waals surface area contributed by atoms with Crippen molar-refractivity contribution in [1.82, 2.24) is 4.90 Å². The zero-order valence-electron chi connectivity index (χ0n) is 19.5. The number of nitrogens with zero attached hydrogens (tertiary/aromatic N) is 2. The summed E-state index contributed by atoms with van der Waals surface area (Å²) in [6, 6.07) is 12.8. The van der Waals surface area contributed by atoms with Gasteiger partial charge in [-0.1, -0.05) is 38.0 Å². The predicted molar refractivity (Wildman–Crippen MR) is 106 cm³/mol. The van der Waals surface area contributed by atoms with E-state index in [1.54, 1.807) is 35.6 Å². The van der Waals surface area contributed by atoms with E-state index in [4.69, 9.17) is 6.85 Å². The molecule has 0 saturated carbocycles. The SMILES string of the molecule is [2H]C([2H])([2H])C([2H])([2H])C(=O)N(c1ccccc1)[C@H]1CCN(CCc2cccs2)C[C@H]1C. The van der Waals surface area contributed by atoms with Crippen LogP contribution in [0.15, 0.2) is 47.8 Å². The Morgan fingerprint density at radius 2 is 2.20 bits per heavy atom. The van der Waals surface area contributed by atoms with Gasteiger partial charge in [-0.05, 0) is 42.3 Å². The molecule has 2 heterocycles. The molecule has 0 spiro atoms. The van der Waals surface area contributed by atoms with Crippen molar-refractivity contribution in [3.63, 3.8) is 0 Å². The van der Waals surface area contributed by atoms with Gasteiger partial charge < -0.3 is 9.80 Å². The second kappa shape index (κ2) is 8.63. The number of hydrogen-bond donors (Lipinski definition) is 0. The van der Waals surface area contributed by atoms with Gasteiger partial charge in [0.1, 0.15) is 0 Å². The molecule has 1 fully saturated rings. The van der Waals surface area contributed by atoms with Gasteiger partial charge in [0, 0.05) is 49.5 Å². The number of carbonyl (C=O) groups is 1. The number of benzene rings is 1. The first-order valence-corrected chi connectivity index (χ1v) is 9.62. The van der Waals surface area contributed by atoms with Crippen LogP contribution < -0.4 is 4.90 Å². The monoisotopic (exact) mass is 361 g/mol. The van der Waals surface area contributed by atoms with Crippen molar-refractivity contribution in [2.75, 3.05) is 24.5 Å². The third kappa shape index (κ3) is 4.50. The van der Waals surface area contributed by atoms with Gasteiger partial charge in [-0.25, -0.2) is 0 Å². The molecule has 25 heavy (non-hydrogen) atoms. The quantitative estimate of drug-likeness (QED) is 0.759. The van der Waals surface area contributed by atoms with E-state index in [0.29, 0.717) is 12.1 Å². The third-order valence-corrected chi connectivity index (χ3v) is 5.83. The van der Waals surface area contributed by atoms with Crippen molar-refractivity contribution in [3.8, 4) is 0 Å². The molecule has 2 atom stereocenters. The van der Waals surface area contributed by atoms with E-state index in [1.165, 1.54) is 9.78 Å². The minimum absolute atomic E-state index is 0.0821. The van der Waals surface area contributed by atoms with Crippen LogP contribution in [0.1, 0.15) is 38.3 Å². The van der Waals surface area contributed by atoms with Crippen LogP contribution in [0.5, 0.6) is 0 Å². The Hall–Kier alpha value is -1.65. The number of piperidine rings is 1. The standard InChI is InChI=1S/C21H28N2OS/c1-3-21(24)23(18-8-5-4-6-9-18)20-12-14-22(16-17(20)2)13-11-19-10-7-15-25-19/h4-10,15,17,20H,3,11-14,16H2,1-2H3/t17-,20+/m1/s1/i1D3,3D2. The Balaban J connectivity index is 1.78. The Morgan fingerprint density at radius 3 is 2.88 bits per heavy atom. The van der Waals surface area contributed by atoms with Crippen molar-refractivity contribution in [3.05, 3.63) is 52.7 Å². The zero-order chi connectivity index (χ0) is 21.9. The lowest BCUT2D eigenvalue weighted by Gasteiger charge is -2.42. The van der Waals surface area contributed by atoms with Crippen LogP contribution in [0.4, 0.5) is 5.69 Å². The van der Waals surface area contributed by atoms with Crippen LogP contribution in [-0.2, 0) is 11.2 Å². The highest BCUT2D eigenvalue weighted by molar-refractivity contribution is 7.09. The van der Waals surface area contributed by atoms with E-state index in [0.717, 1.165) is 26.1 Å². The van der Waals surface area contributed by atoms with E-state index in [9.17, 15) is 4.79 Å². The molecule has 1 aliphatic rings. The number of amides is 1. The Kier molecular flexibility index (Phi) is 4.37. The zero-order valence-corrected chi connectivity index (χ0v) is 15.3. The maximum atomic E-state index is 13.2. The lowest BCUT2D eigenvalue weighted by atomic mass is 9.91. The average molecular weight is 362 g/mol. The first-order valence-electron chi connectivity index (χ1n) is 11.2. The summed E-state index contributed by atoms with van der Waals surface area (Å²) in [5.74, 6) is -0.906. The first kappa shape index (κ1) is 12.7. The van der Waals surface area contributed by atoms with Gasteiger partial charge >= 0.3 is 0 Å². The summed E-state index contributed by atoms with van der Waals surface area (Å²) in [6.07, 6.45) is -1.29. The fourth-order valence-corrected chi connectivity index (χ4v) is 4.34. The highest BCUT2D eigenvalue weighted by Crippen LogP contribution is 2.28. The first-order chi connectivity index (χ1) is 14.1. The normalized spacial score (nSPS) is 25.2. The highest BCUT2D eigenvalue weighted by atomic mass is 32.1. The molecular weight excluding hydrogens is 328 g/mol. The minimum Gasteiger partial charge on any atom is -0.309 e. The predicted octanol–water partition coefficient (Wildman–Crippen LogP) is 4.44. The molecule has 1 aliphatic heterocycles. The second-order valence-electron chi connectivity index (χ2n) is 6.60. The molecule has 4 heteroatoms. The van der Waals surface area contributed by atoms with E-state index in [2.05, 4.69) is 29.3 Å². The number of hydrogen-bond acceptors (Lipinski definition) is 3. The summed E-state index contributed by atoms with van der Waals surface area (Å²) in [6.45, 7) is 1.53. The van der Waals surface area contributed by atoms with Gasteiger partial charge in [-0.15, -0.1) is 11.3 Å². The molecule has 1 aromatic heterocycles. The van der Waals surface area contributed by atoms with Crippen molar-refractivity contribution in [2.24, 2.45) is 5.92 Å². The molecule has 0 unspecified atom stereocenters. The molecule has 0 N–H and O–H groups in total. The molecule has 1 amide bonds. The molecule has 0 bridgehead atoms. The minimum atomic E-state index is -3.03. The van der Waals surface area contributed by atoms with Crippen LogP contribution in [0.25, 0.3) is 0 Å². The lowest BCUT2D eigenvalue weighted by Crippen LogP contribution is -2.52. The van der Waals surface area contributed by atoms with Crippen LogP contribution in [0.2, 0.25) is 0 Å². The molecule has 1 aromatic carbocycles. The maximum Gasteiger partial charge on any atom is 0.226 e. The largest absolute Gasteiger partial charge is 0.309 e.